The number of hydrogen-bond acceptors (Lipinski definition) is 2. The number of hydrogen-bond donors (Lipinski definition) is 1. The number of aromatic amines is 1. The molecule has 1 N–H and O–H groups in total. The molecule has 4 rings (SSSR count). The van der Waals surface area contributed by atoms with Crippen LogP contribution in [0.15, 0.2) is 42.6 Å². The maximum atomic E-state index is 4.29. The van der Waals surface area contributed by atoms with Gasteiger partial charge in [0.1, 0.15) is 0 Å². The van der Waals surface area contributed by atoms with Crippen LogP contribution >= 0.6 is 0 Å². The maximum Gasteiger partial charge on any atom is 0.0653 e. The number of nitrogens with one attached hydrogen (secondary N) is 1. The number of aromatic nitrogens is 2. The third-order valence-corrected chi connectivity index (χ3v) is 5.96. The molecule has 1 aliphatic heterocycles. The van der Waals surface area contributed by atoms with E-state index in [0.717, 1.165) is 18.5 Å². The number of rotatable bonds is 4. The van der Waals surface area contributed by atoms with Crippen molar-refractivity contribution in [3.8, 4) is 0 Å². The molecule has 0 saturated carbocycles. The van der Waals surface area contributed by atoms with Crippen molar-refractivity contribution < 1.29 is 0 Å². The first-order chi connectivity index (χ1) is 13.0. The smallest absolute Gasteiger partial charge is 0.0653 e. The van der Waals surface area contributed by atoms with Crippen molar-refractivity contribution in [2.75, 3.05) is 6.54 Å². The minimum absolute atomic E-state index is 0.312. The van der Waals surface area contributed by atoms with Gasteiger partial charge in [0.25, 0.3) is 0 Å². The molecule has 0 aliphatic carbocycles. The Balaban J connectivity index is 1.85. The van der Waals surface area contributed by atoms with Gasteiger partial charge in [-0.3, -0.25) is 10.00 Å². The molecule has 3 nitrogen and oxygen atoms in total. The maximum absolute atomic E-state index is 4.29. The van der Waals surface area contributed by atoms with E-state index < -0.39 is 0 Å². The lowest BCUT2D eigenvalue weighted by atomic mass is 9.82. The van der Waals surface area contributed by atoms with Gasteiger partial charge in [0.2, 0.25) is 0 Å². The lowest BCUT2D eigenvalue weighted by Gasteiger charge is -2.43. The van der Waals surface area contributed by atoms with Crippen molar-refractivity contribution in [3.05, 3.63) is 64.8 Å². The fraction of sp³-hybridized carbons (Fsp3) is 0.458. The van der Waals surface area contributed by atoms with E-state index in [2.05, 4.69) is 86.1 Å². The molecule has 2 atom stereocenters. The van der Waals surface area contributed by atoms with E-state index in [0.29, 0.717) is 23.9 Å². The van der Waals surface area contributed by atoms with Gasteiger partial charge in [-0.05, 0) is 53.5 Å². The molecule has 2 aromatic carbocycles. The largest absolute Gasteiger partial charge is 0.289 e. The second-order valence-corrected chi connectivity index (χ2v) is 8.83. The van der Waals surface area contributed by atoms with Crippen LogP contribution in [0.4, 0.5) is 0 Å². The van der Waals surface area contributed by atoms with Crippen LogP contribution in [0, 0.1) is 5.92 Å². The van der Waals surface area contributed by atoms with Crippen LogP contribution in [0.5, 0.6) is 0 Å². The highest BCUT2D eigenvalue weighted by atomic mass is 15.2. The number of H-pyrrole nitrogens is 1. The van der Waals surface area contributed by atoms with Crippen LogP contribution < -0.4 is 0 Å². The standard InChI is InChI=1S/C24H31N3/c1-15(2)14-27-17(5)12-21-20(10-11-23-22(21)13-25-26-23)24(27)19-8-6-18(7-9-19)16(3)4/h6-11,13,15-17,24H,12,14H2,1-5H3,(H,25,26)/t17-,24-/m1/s1. The van der Waals surface area contributed by atoms with Crippen molar-refractivity contribution in [2.24, 2.45) is 5.92 Å². The molecule has 142 valence electrons. The van der Waals surface area contributed by atoms with Gasteiger partial charge in [-0.25, -0.2) is 0 Å². The highest BCUT2D eigenvalue weighted by Crippen LogP contribution is 2.41. The zero-order chi connectivity index (χ0) is 19.1. The summed E-state index contributed by atoms with van der Waals surface area (Å²) >= 11 is 0. The molecule has 3 heteroatoms. The van der Waals surface area contributed by atoms with Crippen LogP contribution in [0.1, 0.15) is 68.8 Å². The topological polar surface area (TPSA) is 31.9 Å². The van der Waals surface area contributed by atoms with Crippen LogP contribution in [-0.2, 0) is 6.42 Å². The summed E-state index contributed by atoms with van der Waals surface area (Å²) in [5, 5.41) is 8.72. The summed E-state index contributed by atoms with van der Waals surface area (Å²) in [6.07, 6.45) is 3.08. The zero-order valence-corrected chi connectivity index (χ0v) is 17.2. The molecule has 0 radical (unpaired) electrons. The Hall–Kier alpha value is -2.13. The molecular weight excluding hydrogens is 330 g/mol. The highest BCUT2D eigenvalue weighted by molar-refractivity contribution is 5.83. The average Bonchev–Trinajstić information content (AvgIpc) is 3.11. The fourth-order valence-electron chi connectivity index (χ4n) is 4.56. The lowest BCUT2D eigenvalue weighted by molar-refractivity contribution is 0.133. The van der Waals surface area contributed by atoms with Crippen LogP contribution in [0.3, 0.4) is 0 Å². The second-order valence-electron chi connectivity index (χ2n) is 8.83. The predicted octanol–water partition coefficient (Wildman–Crippen LogP) is 5.68. The van der Waals surface area contributed by atoms with Gasteiger partial charge < -0.3 is 0 Å². The molecule has 0 saturated heterocycles. The minimum atomic E-state index is 0.312. The van der Waals surface area contributed by atoms with Gasteiger partial charge in [-0.1, -0.05) is 58.0 Å². The van der Waals surface area contributed by atoms with Crippen molar-refractivity contribution >= 4 is 10.9 Å². The normalized spacial score (nSPS) is 20.6. The summed E-state index contributed by atoms with van der Waals surface area (Å²) in [7, 11) is 0. The van der Waals surface area contributed by atoms with Gasteiger partial charge in [-0.2, -0.15) is 5.10 Å². The molecule has 1 aromatic heterocycles. The van der Waals surface area contributed by atoms with Crippen LogP contribution in [0.2, 0.25) is 0 Å². The molecule has 0 amide bonds. The summed E-state index contributed by atoms with van der Waals surface area (Å²) in [4.78, 5) is 2.70. The summed E-state index contributed by atoms with van der Waals surface area (Å²) in [5.41, 5.74) is 6.86. The molecule has 0 bridgehead atoms. The van der Waals surface area contributed by atoms with Gasteiger partial charge in [0.05, 0.1) is 17.8 Å². The lowest BCUT2D eigenvalue weighted by Crippen LogP contribution is -2.44. The van der Waals surface area contributed by atoms with E-state index in [1.807, 2.05) is 6.20 Å². The van der Waals surface area contributed by atoms with Crippen molar-refractivity contribution in [1.29, 1.82) is 0 Å². The van der Waals surface area contributed by atoms with Crippen LogP contribution in [0.25, 0.3) is 10.9 Å². The molecule has 0 spiro atoms. The Labute approximate surface area is 162 Å². The molecule has 3 aromatic rings. The Morgan fingerprint density at radius 2 is 1.81 bits per heavy atom. The first-order valence-corrected chi connectivity index (χ1v) is 10.3. The third-order valence-electron chi connectivity index (χ3n) is 5.96. The third kappa shape index (κ3) is 3.29. The summed E-state index contributed by atoms with van der Waals surface area (Å²) < 4.78 is 0. The fourth-order valence-corrected chi connectivity index (χ4v) is 4.56. The van der Waals surface area contributed by atoms with Gasteiger partial charge >= 0.3 is 0 Å². The predicted molar refractivity (Wildman–Crippen MR) is 113 cm³/mol. The summed E-state index contributed by atoms with van der Waals surface area (Å²) in [6.45, 7) is 12.6. The van der Waals surface area contributed by atoms with Crippen molar-refractivity contribution in [2.45, 2.75) is 59.0 Å². The monoisotopic (exact) mass is 361 g/mol. The molecular formula is C24H31N3. The SMILES string of the molecule is CC(C)CN1[C@H](c2ccc(C(C)C)cc2)c2ccc3[nH]ncc3c2C[C@H]1C. The minimum Gasteiger partial charge on any atom is -0.289 e. The average molecular weight is 362 g/mol. The number of fused-ring (bicyclic) bond motifs is 3. The first kappa shape index (κ1) is 18.2. The quantitative estimate of drug-likeness (QED) is 0.648. The van der Waals surface area contributed by atoms with Crippen molar-refractivity contribution in [1.82, 2.24) is 15.1 Å². The first-order valence-electron chi connectivity index (χ1n) is 10.3. The molecule has 0 fully saturated rings. The summed E-state index contributed by atoms with van der Waals surface area (Å²) in [5.74, 6) is 1.21. The highest BCUT2D eigenvalue weighted by Gasteiger charge is 2.34. The second kappa shape index (κ2) is 7.12. The van der Waals surface area contributed by atoms with Gasteiger partial charge in [-0.15, -0.1) is 0 Å². The molecule has 27 heavy (non-hydrogen) atoms. The van der Waals surface area contributed by atoms with Gasteiger partial charge in [0.15, 0.2) is 0 Å². The Bertz CT molecular complexity index is 920. The van der Waals surface area contributed by atoms with E-state index in [1.165, 1.54) is 27.6 Å². The van der Waals surface area contributed by atoms with E-state index in [-0.39, 0.29) is 0 Å². The van der Waals surface area contributed by atoms with Crippen LogP contribution in [-0.4, -0.2) is 27.7 Å². The Morgan fingerprint density at radius 3 is 2.48 bits per heavy atom. The van der Waals surface area contributed by atoms with E-state index in [4.69, 9.17) is 0 Å². The number of benzene rings is 2. The Morgan fingerprint density at radius 1 is 1.07 bits per heavy atom. The molecule has 0 unspecified atom stereocenters. The molecule has 1 aliphatic rings. The molecule has 2 heterocycles. The van der Waals surface area contributed by atoms with Gasteiger partial charge in [0, 0.05) is 18.0 Å². The number of nitrogens with zero attached hydrogens (tertiary/aromatic N) is 2. The summed E-state index contributed by atoms with van der Waals surface area (Å²) in [6, 6.07) is 14.6. The van der Waals surface area contributed by atoms with E-state index in [1.54, 1.807) is 0 Å². The van der Waals surface area contributed by atoms with Crippen molar-refractivity contribution in [3.63, 3.8) is 0 Å². The van der Waals surface area contributed by atoms with E-state index >= 15 is 0 Å². The van der Waals surface area contributed by atoms with E-state index in [9.17, 15) is 0 Å². The zero-order valence-electron chi connectivity index (χ0n) is 17.2. The Kier molecular flexibility index (Phi) is 4.81.